The summed E-state index contributed by atoms with van der Waals surface area (Å²) < 4.78 is 0. The van der Waals surface area contributed by atoms with Crippen molar-refractivity contribution in [2.75, 3.05) is 6.61 Å². The van der Waals surface area contributed by atoms with Crippen LogP contribution < -0.4 is 0 Å². The van der Waals surface area contributed by atoms with E-state index >= 15 is 0 Å². The summed E-state index contributed by atoms with van der Waals surface area (Å²) in [7, 11) is 0. The molecule has 0 aliphatic rings. The molecular formula is C10H20O3. The molecule has 0 rings (SSSR count). The van der Waals surface area contributed by atoms with Gasteiger partial charge in [0.15, 0.2) is 0 Å². The molecule has 13 heavy (non-hydrogen) atoms. The third-order valence-electron chi connectivity index (χ3n) is 2.22. The molecule has 0 aromatic carbocycles. The van der Waals surface area contributed by atoms with Crippen LogP contribution in [0.2, 0.25) is 0 Å². The highest BCUT2D eigenvalue weighted by molar-refractivity contribution is 5.69. The Morgan fingerprint density at radius 1 is 1.15 bits per heavy atom. The lowest BCUT2D eigenvalue weighted by molar-refractivity contribution is -0.141. The lowest BCUT2D eigenvalue weighted by Crippen LogP contribution is -2.08. The number of carboxylic acids is 1. The zero-order valence-electron chi connectivity index (χ0n) is 8.33. The largest absolute Gasteiger partial charge is 0.481 e. The van der Waals surface area contributed by atoms with Crippen molar-refractivity contribution in [3.63, 3.8) is 0 Å². The summed E-state index contributed by atoms with van der Waals surface area (Å²) in [5, 5.41) is 17.1. The molecule has 0 aromatic rings. The van der Waals surface area contributed by atoms with Crippen molar-refractivity contribution in [1.29, 1.82) is 0 Å². The molecule has 3 heteroatoms. The predicted molar refractivity (Wildman–Crippen MR) is 51.6 cm³/mol. The first kappa shape index (κ1) is 12.4. The van der Waals surface area contributed by atoms with Gasteiger partial charge in [-0.05, 0) is 12.8 Å². The minimum absolute atomic E-state index is 0.210. The van der Waals surface area contributed by atoms with Crippen LogP contribution >= 0.6 is 0 Å². The van der Waals surface area contributed by atoms with Crippen molar-refractivity contribution >= 4 is 5.97 Å². The van der Waals surface area contributed by atoms with E-state index in [1.54, 1.807) is 6.92 Å². The van der Waals surface area contributed by atoms with E-state index in [0.717, 1.165) is 38.5 Å². The van der Waals surface area contributed by atoms with E-state index in [4.69, 9.17) is 10.2 Å². The van der Waals surface area contributed by atoms with Gasteiger partial charge in [0.2, 0.25) is 0 Å². The Morgan fingerprint density at radius 3 is 2.23 bits per heavy atom. The first-order valence-electron chi connectivity index (χ1n) is 5.02. The molecule has 2 N–H and O–H groups in total. The summed E-state index contributed by atoms with van der Waals surface area (Å²) in [6.45, 7) is 2.02. The minimum Gasteiger partial charge on any atom is -0.481 e. The highest BCUT2D eigenvalue weighted by atomic mass is 16.4. The number of rotatable bonds is 8. The van der Waals surface area contributed by atoms with E-state index in [-0.39, 0.29) is 12.5 Å². The summed E-state index contributed by atoms with van der Waals surface area (Å²) in [5.74, 6) is -0.909. The first-order chi connectivity index (χ1) is 6.18. The Hall–Kier alpha value is -0.570. The second-order valence-electron chi connectivity index (χ2n) is 3.52. The molecule has 0 saturated carbocycles. The molecule has 0 heterocycles. The number of carboxylic acid groups (broad SMARTS) is 1. The standard InChI is InChI=1S/C10H20O3/c1-9(10(12)13)7-5-3-2-4-6-8-11/h9,11H,2-8H2,1H3,(H,12,13). The molecule has 0 amide bonds. The third-order valence-corrected chi connectivity index (χ3v) is 2.22. The number of unbranched alkanes of at least 4 members (excludes halogenated alkanes) is 4. The molecule has 78 valence electrons. The van der Waals surface area contributed by atoms with Crippen LogP contribution in [0.25, 0.3) is 0 Å². The van der Waals surface area contributed by atoms with E-state index in [1.807, 2.05) is 0 Å². The zero-order chi connectivity index (χ0) is 10.1. The van der Waals surface area contributed by atoms with E-state index in [2.05, 4.69) is 0 Å². The average Bonchev–Trinajstić information content (AvgIpc) is 2.10. The molecule has 3 nitrogen and oxygen atoms in total. The van der Waals surface area contributed by atoms with Gasteiger partial charge in [0.05, 0.1) is 5.92 Å². The quantitative estimate of drug-likeness (QED) is 0.573. The van der Waals surface area contributed by atoms with Crippen molar-refractivity contribution in [2.45, 2.75) is 45.4 Å². The summed E-state index contributed by atoms with van der Waals surface area (Å²) in [5.41, 5.74) is 0. The molecule has 1 unspecified atom stereocenters. The topological polar surface area (TPSA) is 57.5 Å². The zero-order valence-corrected chi connectivity index (χ0v) is 8.33. The third kappa shape index (κ3) is 7.78. The highest BCUT2D eigenvalue weighted by Gasteiger charge is 2.09. The predicted octanol–water partition coefficient (Wildman–Crippen LogP) is 2.04. The van der Waals surface area contributed by atoms with Gasteiger partial charge in [-0.3, -0.25) is 4.79 Å². The van der Waals surface area contributed by atoms with Crippen molar-refractivity contribution in [3.8, 4) is 0 Å². The summed E-state index contributed by atoms with van der Waals surface area (Å²) >= 11 is 0. The summed E-state index contributed by atoms with van der Waals surface area (Å²) in [6.07, 6.45) is 5.87. The van der Waals surface area contributed by atoms with Gasteiger partial charge in [0.25, 0.3) is 0 Å². The second kappa shape index (κ2) is 8.05. The number of hydrogen-bond acceptors (Lipinski definition) is 2. The molecule has 0 aliphatic carbocycles. The Morgan fingerprint density at radius 2 is 1.69 bits per heavy atom. The molecule has 0 aromatic heterocycles. The highest BCUT2D eigenvalue weighted by Crippen LogP contribution is 2.11. The monoisotopic (exact) mass is 188 g/mol. The van der Waals surface area contributed by atoms with Crippen molar-refractivity contribution < 1.29 is 15.0 Å². The summed E-state index contributed by atoms with van der Waals surface area (Å²) in [6, 6.07) is 0. The van der Waals surface area contributed by atoms with Gasteiger partial charge in [-0.25, -0.2) is 0 Å². The number of hydrogen-bond donors (Lipinski definition) is 2. The maximum Gasteiger partial charge on any atom is 0.306 e. The van der Waals surface area contributed by atoms with Gasteiger partial charge in [-0.1, -0.05) is 32.6 Å². The molecule has 0 aliphatic heterocycles. The molecular weight excluding hydrogens is 168 g/mol. The summed E-state index contributed by atoms with van der Waals surface area (Å²) in [4.78, 5) is 10.4. The smallest absolute Gasteiger partial charge is 0.306 e. The van der Waals surface area contributed by atoms with E-state index in [0.29, 0.717) is 0 Å². The Balaban J connectivity index is 3.11. The lowest BCUT2D eigenvalue weighted by atomic mass is 10.0. The second-order valence-corrected chi connectivity index (χ2v) is 3.52. The van der Waals surface area contributed by atoms with Crippen LogP contribution in [-0.2, 0) is 4.79 Å². The molecule has 0 spiro atoms. The van der Waals surface area contributed by atoms with Crippen LogP contribution in [0.3, 0.4) is 0 Å². The van der Waals surface area contributed by atoms with Crippen LogP contribution in [0.1, 0.15) is 45.4 Å². The van der Waals surface area contributed by atoms with Crippen LogP contribution in [-0.4, -0.2) is 22.8 Å². The van der Waals surface area contributed by atoms with Crippen molar-refractivity contribution in [1.82, 2.24) is 0 Å². The number of aliphatic hydroxyl groups is 1. The minimum atomic E-state index is -0.699. The normalized spacial score (nSPS) is 12.8. The van der Waals surface area contributed by atoms with Gasteiger partial charge < -0.3 is 10.2 Å². The van der Waals surface area contributed by atoms with E-state index in [9.17, 15) is 4.79 Å². The Labute approximate surface area is 79.8 Å². The number of aliphatic hydroxyl groups excluding tert-OH is 1. The van der Waals surface area contributed by atoms with Crippen molar-refractivity contribution in [3.05, 3.63) is 0 Å². The fourth-order valence-electron chi connectivity index (χ4n) is 1.22. The Bertz CT molecular complexity index is 134. The fraction of sp³-hybridized carbons (Fsp3) is 0.900. The van der Waals surface area contributed by atoms with E-state index in [1.165, 1.54) is 0 Å². The average molecular weight is 188 g/mol. The number of carbonyl (C=O) groups is 1. The molecule has 1 atom stereocenters. The SMILES string of the molecule is CC(CCCCCCCO)C(=O)O. The number of aliphatic carboxylic acids is 1. The van der Waals surface area contributed by atoms with Gasteiger partial charge in [0, 0.05) is 6.61 Å². The van der Waals surface area contributed by atoms with Gasteiger partial charge in [-0.2, -0.15) is 0 Å². The maximum atomic E-state index is 10.4. The lowest BCUT2D eigenvalue weighted by Gasteiger charge is -2.04. The Kier molecular flexibility index (Phi) is 7.69. The fourth-order valence-corrected chi connectivity index (χ4v) is 1.22. The first-order valence-corrected chi connectivity index (χ1v) is 5.02. The van der Waals surface area contributed by atoms with Crippen LogP contribution in [0.15, 0.2) is 0 Å². The van der Waals surface area contributed by atoms with Crippen LogP contribution in [0.4, 0.5) is 0 Å². The molecule has 0 radical (unpaired) electrons. The molecule has 0 fully saturated rings. The van der Waals surface area contributed by atoms with Crippen LogP contribution in [0, 0.1) is 5.92 Å². The van der Waals surface area contributed by atoms with Gasteiger partial charge >= 0.3 is 5.97 Å². The molecule has 0 bridgehead atoms. The molecule has 0 saturated heterocycles. The van der Waals surface area contributed by atoms with Crippen molar-refractivity contribution in [2.24, 2.45) is 5.92 Å². The maximum absolute atomic E-state index is 10.4. The van der Waals surface area contributed by atoms with Crippen LogP contribution in [0.5, 0.6) is 0 Å². The van der Waals surface area contributed by atoms with E-state index < -0.39 is 5.97 Å². The van der Waals surface area contributed by atoms with Gasteiger partial charge in [0.1, 0.15) is 0 Å². The van der Waals surface area contributed by atoms with Gasteiger partial charge in [-0.15, -0.1) is 0 Å².